The van der Waals surface area contributed by atoms with Crippen molar-refractivity contribution in [2.75, 3.05) is 6.61 Å². The highest BCUT2D eigenvalue weighted by Gasteiger charge is 2.20. The van der Waals surface area contributed by atoms with Crippen LogP contribution < -0.4 is 10.6 Å². The van der Waals surface area contributed by atoms with Crippen molar-refractivity contribution in [3.8, 4) is 0 Å². The number of hydrogen-bond acceptors (Lipinski definition) is 7. The number of aromatic nitrogens is 2. The van der Waals surface area contributed by atoms with E-state index in [0.717, 1.165) is 37.2 Å². The van der Waals surface area contributed by atoms with Crippen LogP contribution in [0.3, 0.4) is 0 Å². The largest absolute Gasteiger partial charge is 0.451 e. The Hall–Kier alpha value is -2.03. The lowest BCUT2D eigenvalue weighted by molar-refractivity contribution is -0.123. The topological polar surface area (TPSA) is 110 Å². The van der Waals surface area contributed by atoms with Crippen molar-refractivity contribution in [3.05, 3.63) is 10.6 Å². The van der Waals surface area contributed by atoms with Crippen molar-refractivity contribution in [3.63, 3.8) is 0 Å². The van der Waals surface area contributed by atoms with Crippen LogP contribution in [0.4, 0.5) is 4.79 Å². The smallest absolute Gasteiger partial charge is 0.352 e. The predicted molar refractivity (Wildman–Crippen MR) is 78.5 cm³/mol. The zero-order valence-corrected chi connectivity index (χ0v) is 13.1. The van der Waals surface area contributed by atoms with E-state index in [1.807, 2.05) is 6.92 Å². The van der Waals surface area contributed by atoms with Crippen molar-refractivity contribution in [1.29, 1.82) is 0 Å². The second-order valence-corrected chi connectivity index (χ2v) is 5.74. The van der Waals surface area contributed by atoms with E-state index in [0.29, 0.717) is 12.1 Å². The maximum absolute atomic E-state index is 11.8. The molecule has 8 nitrogen and oxygen atoms in total. The van der Waals surface area contributed by atoms with Crippen LogP contribution in [0, 0.1) is 0 Å². The van der Waals surface area contributed by atoms with E-state index < -0.39 is 24.5 Å². The van der Waals surface area contributed by atoms with Gasteiger partial charge < -0.3 is 10.1 Å². The Labute approximate surface area is 131 Å². The molecule has 0 unspecified atom stereocenters. The second kappa shape index (κ2) is 7.83. The third kappa shape index (κ3) is 4.48. The molecule has 0 bridgehead atoms. The lowest BCUT2D eigenvalue weighted by Crippen LogP contribution is -2.44. The van der Waals surface area contributed by atoms with Gasteiger partial charge in [0, 0.05) is 6.04 Å². The van der Waals surface area contributed by atoms with E-state index in [1.165, 1.54) is 0 Å². The van der Waals surface area contributed by atoms with Crippen LogP contribution in [-0.2, 0) is 16.0 Å². The average Bonchev–Trinajstić information content (AvgIpc) is 3.15. The summed E-state index contributed by atoms with van der Waals surface area (Å²) in [5, 5.41) is 8.65. The van der Waals surface area contributed by atoms with Crippen molar-refractivity contribution < 1.29 is 19.1 Å². The highest BCUT2D eigenvalue weighted by Crippen LogP contribution is 2.17. The standard InChI is InChI=1S/C13H18N4O4S/c1-2-9-11(22-17-16-9)12(19)21-7-10(18)15-13(20)14-8-5-3-4-6-8/h8H,2-7H2,1H3,(H2,14,15,18,20). The number of hydrogen-bond donors (Lipinski definition) is 2. The van der Waals surface area contributed by atoms with Gasteiger partial charge in [-0.05, 0) is 30.8 Å². The molecule has 2 rings (SSSR count). The van der Waals surface area contributed by atoms with Gasteiger partial charge >= 0.3 is 12.0 Å². The Kier molecular flexibility index (Phi) is 5.82. The molecule has 1 saturated carbocycles. The molecule has 1 fully saturated rings. The van der Waals surface area contributed by atoms with Crippen LogP contribution in [0.5, 0.6) is 0 Å². The summed E-state index contributed by atoms with van der Waals surface area (Å²) in [7, 11) is 0. The van der Waals surface area contributed by atoms with Gasteiger partial charge in [-0.15, -0.1) is 5.10 Å². The summed E-state index contributed by atoms with van der Waals surface area (Å²) in [4.78, 5) is 35.2. The number of aryl methyl sites for hydroxylation is 1. The van der Waals surface area contributed by atoms with Gasteiger partial charge in [0.2, 0.25) is 0 Å². The van der Waals surface area contributed by atoms with Crippen molar-refractivity contribution in [2.24, 2.45) is 0 Å². The Bertz CT molecular complexity index is 554. The fraction of sp³-hybridized carbons (Fsp3) is 0.615. The summed E-state index contributed by atoms with van der Waals surface area (Å²) in [6.45, 7) is 1.32. The van der Waals surface area contributed by atoms with Gasteiger partial charge in [0.05, 0.1) is 5.69 Å². The summed E-state index contributed by atoms with van der Waals surface area (Å²) in [5.74, 6) is -1.32. The molecule has 3 amide bonds. The number of esters is 1. The molecule has 0 saturated heterocycles. The second-order valence-electron chi connectivity index (χ2n) is 4.98. The van der Waals surface area contributed by atoms with E-state index in [9.17, 15) is 14.4 Å². The lowest BCUT2D eigenvalue weighted by Gasteiger charge is -2.12. The summed E-state index contributed by atoms with van der Waals surface area (Å²) < 4.78 is 8.53. The maximum Gasteiger partial charge on any atom is 0.352 e. The van der Waals surface area contributed by atoms with Crippen LogP contribution in [-0.4, -0.2) is 40.1 Å². The number of carbonyl (C=O) groups excluding carboxylic acids is 3. The summed E-state index contributed by atoms with van der Waals surface area (Å²) in [6, 6.07) is -0.438. The molecule has 0 spiro atoms. The lowest BCUT2D eigenvalue weighted by atomic mass is 10.2. The Balaban J connectivity index is 1.72. The van der Waals surface area contributed by atoms with Crippen LogP contribution in [0.15, 0.2) is 0 Å². The van der Waals surface area contributed by atoms with E-state index in [-0.39, 0.29) is 10.9 Å². The summed E-state index contributed by atoms with van der Waals surface area (Å²) >= 11 is 0.922. The minimum Gasteiger partial charge on any atom is -0.451 e. The van der Waals surface area contributed by atoms with Crippen LogP contribution in [0.2, 0.25) is 0 Å². The zero-order valence-electron chi connectivity index (χ0n) is 12.3. The molecule has 120 valence electrons. The molecule has 2 N–H and O–H groups in total. The first-order chi connectivity index (χ1) is 10.6. The SMILES string of the molecule is CCc1nnsc1C(=O)OCC(=O)NC(=O)NC1CCCC1. The molecule has 0 aliphatic heterocycles. The number of rotatable bonds is 5. The number of carbonyl (C=O) groups is 3. The first kappa shape index (κ1) is 16.3. The zero-order chi connectivity index (χ0) is 15.9. The average molecular weight is 326 g/mol. The minimum atomic E-state index is -0.667. The third-order valence-electron chi connectivity index (χ3n) is 3.35. The molecule has 1 aromatic rings. The molecule has 0 aromatic carbocycles. The van der Waals surface area contributed by atoms with Gasteiger partial charge in [-0.3, -0.25) is 10.1 Å². The van der Waals surface area contributed by atoms with Crippen LogP contribution in [0.25, 0.3) is 0 Å². The fourth-order valence-electron chi connectivity index (χ4n) is 2.25. The number of nitrogens with one attached hydrogen (secondary N) is 2. The summed E-state index contributed by atoms with van der Waals surface area (Å²) in [5.41, 5.74) is 0.536. The van der Waals surface area contributed by atoms with Crippen LogP contribution >= 0.6 is 11.5 Å². The number of nitrogens with zero attached hydrogens (tertiary/aromatic N) is 2. The monoisotopic (exact) mass is 326 g/mol. The Morgan fingerprint density at radius 3 is 2.73 bits per heavy atom. The quantitative estimate of drug-likeness (QED) is 0.782. The predicted octanol–water partition coefficient (Wildman–Crippen LogP) is 1.03. The van der Waals surface area contributed by atoms with Crippen LogP contribution in [0.1, 0.15) is 48.0 Å². The van der Waals surface area contributed by atoms with Gasteiger partial charge in [0.25, 0.3) is 5.91 Å². The molecule has 0 atom stereocenters. The molecule has 1 aliphatic carbocycles. The van der Waals surface area contributed by atoms with Gasteiger partial charge in [0.1, 0.15) is 0 Å². The first-order valence-electron chi connectivity index (χ1n) is 7.18. The highest BCUT2D eigenvalue weighted by molar-refractivity contribution is 7.07. The van der Waals surface area contributed by atoms with E-state index >= 15 is 0 Å². The summed E-state index contributed by atoms with van der Waals surface area (Å²) in [6.07, 6.45) is 4.57. The Morgan fingerprint density at radius 2 is 2.05 bits per heavy atom. The Morgan fingerprint density at radius 1 is 1.32 bits per heavy atom. The van der Waals surface area contributed by atoms with Crippen molar-refractivity contribution in [2.45, 2.75) is 45.1 Å². The van der Waals surface area contributed by atoms with E-state index in [2.05, 4.69) is 20.2 Å². The van der Waals surface area contributed by atoms with Gasteiger partial charge in [0.15, 0.2) is 11.5 Å². The number of imide groups is 1. The molecular formula is C13H18N4O4S. The number of ether oxygens (including phenoxy) is 1. The highest BCUT2D eigenvalue weighted by atomic mass is 32.1. The minimum absolute atomic E-state index is 0.116. The van der Waals surface area contributed by atoms with Gasteiger partial charge in [-0.25, -0.2) is 9.59 Å². The van der Waals surface area contributed by atoms with Crippen molar-refractivity contribution in [1.82, 2.24) is 20.2 Å². The van der Waals surface area contributed by atoms with Crippen molar-refractivity contribution >= 4 is 29.4 Å². The number of urea groups is 1. The molecular weight excluding hydrogens is 308 g/mol. The number of amides is 3. The molecule has 22 heavy (non-hydrogen) atoms. The van der Waals surface area contributed by atoms with E-state index in [1.54, 1.807) is 0 Å². The molecule has 1 aliphatic rings. The third-order valence-corrected chi connectivity index (χ3v) is 4.10. The molecule has 0 radical (unpaired) electrons. The van der Waals surface area contributed by atoms with Gasteiger partial charge in [-0.1, -0.05) is 24.3 Å². The molecule has 1 heterocycles. The molecule has 1 aromatic heterocycles. The first-order valence-corrected chi connectivity index (χ1v) is 7.96. The molecule has 9 heteroatoms. The van der Waals surface area contributed by atoms with Gasteiger partial charge in [-0.2, -0.15) is 0 Å². The maximum atomic E-state index is 11.8. The normalized spacial score (nSPS) is 14.6. The fourth-order valence-corrected chi connectivity index (χ4v) is 2.89. The van der Waals surface area contributed by atoms with E-state index in [4.69, 9.17) is 4.74 Å².